The Bertz CT molecular complexity index is 1230. The number of rotatable bonds is 57. The predicted molar refractivity (Wildman–Crippen MR) is 307 cm³/mol. The number of carbonyl (C=O) groups excluding carboxylic acids is 3. The number of carbonyl (C=O) groups is 3. The molecule has 0 N–H and O–H groups in total. The fourth-order valence-corrected chi connectivity index (χ4v) is 9.10. The highest BCUT2D eigenvalue weighted by Gasteiger charge is 2.19. The van der Waals surface area contributed by atoms with Gasteiger partial charge in [-0.25, -0.2) is 0 Å². The third kappa shape index (κ3) is 58.1. The molecule has 6 heteroatoms. The van der Waals surface area contributed by atoms with Crippen molar-refractivity contribution in [2.24, 2.45) is 0 Å². The first-order valence-electron chi connectivity index (χ1n) is 31.1. The van der Waals surface area contributed by atoms with E-state index in [9.17, 15) is 14.4 Å². The third-order valence-electron chi connectivity index (χ3n) is 13.8. The first kappa shape index (κ1) is 68.4. The Balaban J connectivity index is 4.05. The number of hydrogen-bond donors (Lipinski definition) is 0. The van der Waals surface area contributed by atoms with Gasteiger partial charge in [0.15, 0.2) is 6.10 Å². The van der Waals surface area contributed by atoms with Crippen LogP contribution in [0.15, 0.2) is 48.6 Å². The van der Waals surface area contributed by atoms with Crippen molar-refractivity contribution < 1.29 is 28.6 Å². The Morgan fingerprint density at radius 2 is 0.535 bits per heavy atom. The molecule has 0 aromatic heterocycles. The van der Waals surface area contributed by atoms with Crippen LogP contribution < -0.4 is 0 Å². The van der Waals surface area contributed by atoms with Crippen LogP contribution in [0.3, 0.4) is 0 Å². The summed E-state index contributed by atoms with van der Waals surface area (Å²) in [5, 5.41) is 0. The van der Waals surface area contributed by atoms with Gasteiger partial charge in [-0.05, 0) is 77.0 Å². The van der Waals surface area contributed by atoms with Crippen molar-refractivity contribution >= 4 is 17.9 Å². The predicted octanol–water partition coefficient (Wildman–Crippen LogP) is 21.0. The highest BCUT2D eigenvalue weighted by Crippen LogP contribution is 2.17. The van der Waals surface area contributed by atoms with E-state index in [0.29, 0.717) is 19.3 Å². The Labute approximate surface area is 441 Å². The lowest BCUT2D eigenvalue weighted by molar-refractivity contribution is -0.167. The molecule has 71 heavy (non-hydrogen) atoms. The quantitative estimate of drug-likeness (QED) is 0.0261. The number of esters is 3. The molecule has 0 aliphatic heterocycles. The fourth-order valence-electron chi connectivity index (χ4n) is 9.10. The maximum absolute atomic E-state index is 12.8. The van der Waals surface area contributed by atoms with Gasteiger partial charge in [0.2, 0.25) is 0 Å². The molecule has 0 radical (unpaired) electrons. The van der Waals surface area contributed by atoms with E-state index < -0.39 is 6.10 Å². The Morgan fingerprint density at radius 3 is 0.859 bits per heavy atom. The van der Waals surface area contributed by atoms with Gasteiger partial charge in [0.25, 0.3) is 0 Å². The van der Waals surface area contributed by atoms with Crippen LogP contribution in [-0.4, -0.2) is 37.2 Å². The Morgan fingerprint density at radius 1 is 0.282 bits per heavy atom. The van der Waals surface area contributed by atoms with Gasteiger partial charge in [-0.3, -0.25) is 14.4 Å². The smallest absolute Gasteiger partial charge is 0.306 e. The summed E-state index contributed by atoms with van der Waals surface area (Å²) in [4.78, 5) is 38.0. The Kier molecular flexibility index (Phi) is 57.7. The lowest BCUT2D eigenvalue weighted by Gasteiger charge is -2.18. The van der Waals surface area contributed by atoms with Crippen molar-refractivity contribution in [2.75, 3.05) is 13.2 Å². The molecule has 1 atom stereocenters. The van der Waals surface area contributed by atoms with Crippen molar-refractivity contribution in [1.29, 1.82) is 0 Å². The molecule has 0 aromatic rings. The molecule has 0 amide bonds. The molecule has 6 nitrogen and oxygen atoms in total. The molecule has 0 aliphatic carbocycles. The summed E-state index contributed by atoms with van der Waals surface area (Å²) in [7, 11) is 0. The van der Waals surface area contributed by atoms with Crippen LogP contribution in [-0.2, 0) is 28.6 Å². The van der Waals surface area contributed by atoms with Crippen molar-refractivity contribution in [3.63, 3.8) is 0 Å². The van der Waals surface area contributed by atoms with Gasteiger partial charge in [-0.2, -0.15) is 0 Å². The molecular weight excluding hydrogens is 877 g/mol. The lowest BCUT2D eigenvalue weighted by atomic mass is 10.0. The third-order valence-corrected chi connectivity index (χ3v) is 13.8. The monoisotopic (exact) mass is 995 g/mol. The Hall–Kier alpha value is -2.63. The molecule has 414 valence electrons. The van der Waals surface area contributed by atoms with Gasteiger partial charge in [-0.15, -0.1) is 0 Å². The second-order valence-electron chi connectivity index (χ2n) is 21.0. The zero-order valence-corrected chi connectivity index (χ0v) is 47.5. The van der Waals surface area contributed by atoms with E-state index in [4.69, 9.17) is 14.2 Å². The van der Waals surface area contributed by atoms with Gasteiger partial charge >= 0.3 is 17.9 Å². The van der Waals surface area contributed by atoms with Crippen molar-refractivity contribution in [1.82, 2.24) is 0 Å². The summed E-state index contributed by atoms with van der Waals surface area (Å²) in [6.45, 7) is 6.59. The summed E-state index contributed by atoms with van der Waals surface area (Å²) < 4.78 is 16.8. The molecule has 0 saturated carbocycles. The number of unbranched alkanes of at least 4 members (excludes halogenated alkanes) is 38. The molecule has 0 rings (SSSR count). The van der Waals surface area contributed by atoms with E-state index >= 15 is 0 Å². The zero-order valence-electron chi connectivity index (χ0n) is 47.5. The molecule has 0 spiro atoms. The average Bonchev–Trinajstić information content (AvgIpc) is 3.37. The average molecular weight is 996 g/mol. The highest BCUT2D eigenvalue weighted by molar-refractivity contribution is 5.71. The van der Waals surface area contributed by atoms with Gasteiger partial charge < -0.3 is 14.2 Å². The topological polar surface area (TPSA) is 78.9 Å². The minimum absolute atomic E-state index is 0.0716. The normalized spacial score (nSPS) is 12.3. The van der Waals surface area contributed by atoms with Crippen LogP contribution in [0.4, 0.5) is 0 Å². The molecule has 0 aromatic carbocycles. The second-order valence-corrected chi connectivity index (χ2v) is 21.0. The minimum atomic E-state index is -0.771. The van der Waals surface area contributed by atoms with E-state index in [1.165, 1.54) is 205 Å². The number of allylic oxidation sites excluding steroid dienone is 8. The van der Waals surface area contributed by atoms with Crippen LogP contribution in [0.2, 0.25) is 0 Å². The summed E-state index contributed by atoms with van der Waals surface area (Å²) in [5.41, 5.74) is 0. The number of ether oxygens (including phenoxy) is 3. The van der Waals surface area contributed by atoms with E-state index in [0.717, 1.165) is 83.5 Å². The maximum atomic E-state index is 12.8. The van der Waals surface area contributed by atoms with Crippen molar-refractivity contribution in [2.45, 2.75) is 335 Å². The van der Waals surface area contributed by atoms with E-state index in [1.54, 1.807) is 0 Å². The van der Waals surface area contributed by atoms with Crippen molar-refractivity contribution in [3.05, 3.63) is 48.6 Å². The van der Waals surface area contributed by atoms with Gasteiger partial charge in [-0.1, -0.05) is 281 Å². The SMILES string of the molecule is CCC/C=C\CCCCCCCC(=O)OCC(COC(=O)CCCCCCCCCCCCCCCCCC/C=C\C/C=C\C/C=C\CCCCCCC)OC(=O)CCCCCCCCCCCCCC. The molecule has 0 aliphatic rings. The van der Waals surface area contributed by atoms with Gasteiger partial charge in [0.05, 0.1) is 0 Å². The summed E-state index contributed by atoms with van der Waals surface area (Å²) in [6.07, 6.45) is 74.2. The van der Waals surface area contributed by atoms with E-state index in [1.807, 2.05) is 0 Å². The van der Waals surface area contributed by atoms with Crippen LogP contribution in [0.5, 0.6) is 0 Å². The highest BCUT2D eigenvalue weighted by atomic mass is 16.6. The molecule has 0 bridgehead atoms. The molecule has 0 fully saturated rings. The zero-order chi connectivity index (χ0) is 51.4. The van der Waals surface area contributed by atoms with Gasteiger partial charge in [0.1, 0.15) is 13.2 Å². The van der Waals surface area contributed by atoms with Crippen LogP contribution in [0, 0.1) is 0 Å². The first-order valence-corrected chi connectivity index (χ1v) is 31.1. The molecule has 1 unspecified atom stereocenters. The first-order chi connectivity index (χ1) is 35.0. The second kappa shape index (κ2) is 59.9. The summed E-state index contributed by atoms with van der Waals surface area (Å²) >= 11 is 0. The van der Waals surface area contributed by atoms with Gasteiger partial charge in [0, 0.05) is 19.3 Å². The van der Waals surface area contributed by atoms with E-state index in [2.05, 4.69) is 69.4 Å². The standard InChI is InChI=1S/C65H118O6/c1-4-7-10-13-16-19-22-24-25-26-27-28-29-30-31-32-33-34-35-36-37-38-39-40-41-42-44-46-49-52-55-58-64(67)70-61-62(60-69-63(66)57-54-51-48-45-21-18-15-12-9-6-3)71-65(68)59-56-53-50-47-43-23-20-17-14-11-8-5-2/h12,15,22,24,26-27,29-30,62H,4-11,13-14,16-21,23,25,28,31-61H2,1-3H3/b15-12-,24-22-,27-26-,30-29-. The van der Waals surface area contributed by atoms with Crippen LogP contribution in [0.25, 0.3) is 0 Å². The van der Waals surface area contributed by atoms with Crippen LogP contribution in [0.1, 0.15) is 329 Å². The summed E-state index contributed by atoms with van der Waals surface area (Å²) in [6, 6.07) is 0. The molecule has 0 heterocycles. The van der Waals surface area contributed by atoms with Crippen molar-refractivity contribution in [3.8, 4) is 0 Å². The minimum Gasteiger partial charge on any atom is -0.462 e. The maximum Gasteiger partial charge on any atom is 0.306 e. The largest absolute Gasteiger partial charge is 0.462 e. The number of hydrogen-bond acceptors (Lipinski definition) is 6. The molecule has 0 saturated heterocycles. The summed E-state index contributed by atoms with van der Waals surface area (Å²) in [5.74, 6) is -0.868. The van der Waals surface area contributed by atoms with E-state index in [-0.39, 0.29) is 31.1 Å². The van der Waals surface area contributed by atoms with Crippen LogP contribution >= 0.6 is 0 Å². The fraction of sp³-hybridized carbons (Fsp3) is 0.831. The molecular formula is C65H118O6. The lowest BCUT2D eigenvalue weighted by Crippen LogP contribution is -2.30.